The number of benzene rings is 4. The number of methoxy groups -OCH3 is 4. The second-order valence-electron chi connectivity index (χ2n) is 11.7. The van der Waals surface area contributed by atoms with Gasteiger partial charge in [-0.1, -0.05) is 12.1 Å². The molecule has 10 heteroatoms. The molecular weight excluding hydrogens is 616 g/mol. The minimum absolute atomic E-state index is 0.0277. The predicted molar refractivity (Wildman–Crippen MR) is 182 cm³/mol. The lowest BCUT2D eigenvalue weighted by molar-refractivity contribution is 0.0578. The van der Waals surface area contributed by atoms with E-state index in [9.17, 15) is 20.4 Å². The lowest BCUT2D eigenvalue weighted by Crippen LogP contribution is -2.25. The van der Waals surface area contributed by atoms with E-state index >= 15 is 0 Å². The molecule has 4 aromatic carbocycles. The number of hydrogen-bond acceptors (Lipinski definition) is 10. The van der Waals surface area contributed by atoms with Gasteiger partial charge in [-0.25, -0.2) is 0 Å². The van der Waals surface area contributed by atoms with Gasteiger partial charge >= 0.3 is 0 Å². The van der Waals surface area contributed by atoms with E-state index in [4.69, 9.17) is 28.4 Å². The first-order valence-corrected chi connectivity index (χ1v) is 15.8. The van der Waals surface area contributed by atoms with Gasteiger partial charge in [0.2, 0.25) is 0 Å². The molecule has 0 aliphatic heterocycles. The largest absolute Gasteiger partial charge is 0.504 e. The van der Waals surface area contributed by atoms with E-state index in [1.54, 1.807) is 52.7 Å². The van der Waals surface area contributed by atoms with Crippen LogP contribution in [0.25, 0.3) is 0 Å². The third kappa shape index (κ3) is 10.6. The quantitative estimate of drug-likeness (QED) is 0.0629. The van der Waals surface area contributed by atoms with E-state index in [0.717, 1.165) is 35.1 Å². The van der Waals surface area contributed by atoms with Crippen molar-refractivity contribution in [3.05, 3.63) is 95.1 Å². The van der Waals surface area contributed by atoms with Crippen LogP contribution in [0.4, 0.5) is 0 Å². The van der Waals surface area contributed by atoms with Crippen molar-refractivity contribution in [1.82, 2.24) is 0 Å². The van der Waals surface area contributed by atoms with Gasteiger partial charge in [-0.05, 0) is 108 Å². The molecule has 4 N–H and O–H groups in total. The molecule has 0 spiro atoms. The van der Waals surface area contributed by atoms with Gasteiger partial charge in [0.1, 0.15) is 23.0 Å². The summed E-state index contributed by atoms with van der Waals surface area (Å²) in [6, 6.07) is 21.0. The van der Waals surface area contributed by atoms with Crippen molar-refractivity contribution in [1.29, 1.82) is 0 Å². The van der Waals surface area contributed by atoms with E-state index in [0.29, 0.717) is 62.3 Å². The Morgan fingerprint density at radius 3 is 1.35 bits per heavy atom. The molecule has 0 unspecified atom stereocenters. The van der Waals surface area contributed by atoms with E-state index in [1.807, 2.05) is 36.4 Å². The highest BCUT2D eigenvalue weighted by Gasteiger charge is 2.24. The molecule has 0 saturated carbocycles. The monoisotopic (exact) mass is 662 g/mol. The standard InChI is InChI=1S/C38H46O10/c1-43-31-14-27(15-32(20-31)44-2)22-47-11-5-6-29(12-25-7-9-35(39)37(41)18-25)30(13-26-8-10-36(40)38(42)19-26)24-48-23-28-16-33(45-3)21-34(17-28)46-4/h7-10,14-21,29-30,39-42H,5-6,11-13,22-24H2,1-4H3/t29-,30+/m0/s1. The molecule has 0 fully saturated rings. The van der Waals surface area contributed by atoms with Crippen molar-refractivity contribution in [2.24, 2.45) is 11.8 Å². The van der Waals surface area contributed by atoms with E-state index in [1.165, 1.54) is 12.1 Å². The van der Waals surface area contributed by atoms with Crippen LogP contribution in [-0.4, -0.2) is 62.1 Å². The topological polar surface area (TPSA) is 136 Å². The Balaban J connectivity index is 1.52. The fourth-order valence-corrected chi connectivity index (χ4v) is 5.73. The summed E-state index contributed by atoms with van der Waals surface area (Å²) in [6.07, 6.45) is 2.69. The average molecular weight is 663 g/mol. The zero-order valence-corrected chi connectivity index (χ0v) is 28.0. The van der Waals surface area contributed by atoms with Gasteiger partial charge in [0, 0.05) is 18.7 Å². The van der Waals surface area contributed by atoms with Crippen molar-refractivity contribution in [3.63, 3.8) is 0 Å². The normalized spacial score (nSPS) is 12.3. The Morgan fingerprint density at radius 2 is 0.917 bits per heavy atom. The van der Waals surface area contributed by atoms with Gasteiger partial charge in [-0.2, -0.15) is 0 Å². The van der Waals surface area contributed by atoms with Gasteiger partial charge in [-0.15, -0.1) is 0 Å². The third-order valence-electron chi connectivity index (χ3n) is 8.30. The van der Waals surface area contributed by atoms with Crippen molar-refractivity contribution in [2.45, 2.75) is 38.9 Å². The molecule has 0 bridgehead atoms. The molecule has 0 amide bonds. The van der Waals surface area contributed by atoms with Crippen molar-refractivity contribution in [3.8, 4) is 46.0 Å². The Kier molecular flexibility index (Phi) is 13.5. The second kappa shape index (κ2) is 17.9. The summed E-state index contributed by atoms with van der Waals surface area (Å²) in [5.41, 5.74) is 3.56. The van der Waals surface area contributed by atoms with Crippen LogP contribution >= 0.6 is 0 Å². The molecule has 4 aromatic rings. The first-order valence-electron chi connectivity index (χ1n) is 15.8. The summed E-state index contributed by atoms with van der Waals surface area (Å²) in [4.78, 5) is 0. The van der Waals surface area contributed by atoms with Crippen molar-refractivity contribution in [2.75, 3.05) is 41.7 Å². The zero-order valence-electron chi connectivity index (χ0n) is 28.0. The molecule has 0 aliphatic carbocycles. The van der Waals surface area contributed by atoms with Crippen LogP contribution < -0.4 is 18.9 Å². The van der Waals surface area contributed by atoms with Crippen molar-refractivity contribution >= 4 is 0 Å². The lowest BCUT2D eigenvalue weighted by Gasteiger charge is -2.28. The van der Waals surface area contributed by atoms with Crippen LogP contribution in [0.15, 0.2) is 72.8 Å². The van der Waals surface area contributed by atoms with Crippen molar-refractivity contribution < 1.29 is 48.8 Å². The molecule has 4 rings (SSSR count). The molecule has 0 radical (unpaired) electrons. The van der Waals surface area contributed by atoms with E-state index < -0.39 is 0 Å². The van der Waals surface area contributed by atoms with Gasteiger partial charge in [0.05, 0.1) is 48.3 Å². The smallest absolute Gasteiger partial charge is 0.157 e. The number of phenols is 4. The maximum atomic E-state index is 10.2. The summed E-state index contributed by atoms with van der Waals surface area (Å²) >= 11 is 0. The van der Waals surface area contributed by atoms with Crippen LogP contribution in [0.1, 0.15) is 35.1 Å². The molecule has 0 heterocycles. The molecule has 0 saturated heterocycles. The summed E-state index contributed by atoms with van der Waals surface area (Å²) in [5.74, 6) is 2.05. The van der Waals surface area contributed by atoms with Crippen LogP contribution in [0.3, 0.4) is 0 Å². The molecule has 258 valence electrons. The highest BCUT2D eigenvalue weighted by atomic mass is 16.5. The predicted octanol–water partition coefficient (Wildman–Crippen LogP) is 6.77. The molecule has 2 atom stereocenters. The van der Waals surface area contributed by atoms with Gasteiger partial charge in [0.25, 0.3) is 0 Å². The highest BCUT2D eigenvalue weighted by molar-refractivity contribution is 5.42. The summed E-state index contributed by atoms with van der Waals surface area (Å²) in [7, 11) is 6.43. The van der Waals surface area contributed by atoms with E-state index in [2.05, 4.69) is 0 Å². The average Bonchev–Trinajstić information content (AvgIpc) is 3.09. The molecule has 0 aliphatic rings. The first-order chi connectivity index (χ1) is 23.2. The van der Waals surface area contributed by atoms with Gasteiger partial charge < -0.3 is 48.8 Å². The Morgan fingerprint density at radius 1 is 0.479 bits per heavy atom. The summed E-state index contributed by atoms with van der Waals surface area (Å²) in [5, 5.41) is 40.3. The second-order valence-corrected chi connectivity index (χ2v) is 11.7. The number of ether oxygens (including phenoxy) is 6. The van der Waals surface area contributed by atoms with Crippen LogP contribution in [0.5, 0.6) is 46.0 Å². The number of phenolic OH excluding ortho intramolecular Hbond substituents is 4. The molecule has 0 aromatic heterocycles. The Bertz CT molecular complexity index is 1560. The minimum atomic E-state index is -0.182. The number of aromatic hydroxyl groups is 4. The molecule has 10 nitrogen and oxygen atoms in total. The maximum absolute atomic E-state index is 10.2. The Hall–Kier alpha value is -4.80. The third-order valence-corrected chi connectivity index (χ3v) is 8.30. The molecular formula is C38H46O10. The number of rotatable bonds is 19. The van der Waals surface area contributed by atoms with Crippen LogP contribution in [0.2, 0.25) is 0 Å². The maximum Gasteiger partial charge on any atom is 0.157 e. The molecule has 48 heavy (non-hydrogen) atoms. The van der Waals surface area contributed by atoms with Crippen LogP contribution in [0, 0.1) is 11.8 Å². The van der Waals surface area contributed by atoms with Gasteiger partial charge in [0.15, 0.2) is 23.0 Å². The lowest BCUT2D eigenvalue weighted by atomic mass is 9.80. The summed E-state index contributed by atoms with van der Waals surface area (Å²) < 4.78 is 34.0. The summed E-state index contributed by atoms with van der Waals surface area (Å²) in [6.45, 7) is 1.62. The minimum Gasteiger partial charge on any atom is -0.504 e. The SMILES string of the molecule is COc1cc(COCCC[C@@H](Cc2ccc(O)c(O)c2)[C@@H](COCc2cc(OC)cc(OC)c2)Cc2ccc(O)c(O)c2)cc(OC)c1. The fourth-order valence-electron chi connectivity index (χ4n) is 5.73. The highest BCUT2D eigenvalue weighted by Crippen LogP contribution is 2.33. The first kappa shape index (κ1) is 36.0. The van der Waals surface area contributed by atoms with E-state index in [-0.39, 0.29) is 34.8 Å². The number of hydrogen-bond donors (Lipinski definition) is 4. The van der Waals surface area contributed by atoms with Gasteiger partial charge in [-0.3, -0.25) is 0 Å². The fraction of sp³-hybridized carbons (Fsp3) is 0.368. The zero-order chi connectivity index (χ0) is 34.5. The van der Waals surface area contributed by atoms with Crippen LogP contribution in [-0.2, 0) is 35.5 Å². The Labute approximate surface area is 282 Å².